The van der Waals surface area contributed by atoms with Crippen molar-refractivity contribution in [2.75, 3.05) is 26.3 Å². The number of rotatable bonds is 18. The first-order chi connectivity index (χ1) is 39.0. The van der Waals surface area contributed by atoms with Gasteiger partial charge in [-0.1, -0.05) is 55.9 Å². The fraction of sp³-hybridized carbons (Fsp3) is 0.707. The number of carbonyl (C=O) groups excluding carboxylic acids is 9. The van der Waals surface area contributed by atoms with Crippen LogP contribution < -0.4 is 21.2 Å². The molecular weight excluding hydrogens is 1120 g/mol. The third-order valence-electron chi connectivity index (χ3n) is 20.1. The maximum absolute atomic E-state index is 17.4. The first kappa shape index (κ1) is 66.1. The maximum atomic E-state index is 17.4. The van der Waals surface area contributed by atoms with Gasteiger partial charge in [0.25, 0.3) is 0 Å². The number of unbranched alkanes of at least 4 members (excludes halogenated alkanes) is 1. The third-order valence-corrected chi connectivity index (χ3v) is 20.5. The largest absolute Gasteiger partial charge is 0.458 e. The molecule has 1 aliphatic heterocycles. The number of alkyl halides is 2. The molecule has 8 aliphatic carbocycles. The zero-order valence-corrected chi connectivity index (χ0v) is 50.8. The molecule has 7 fully saturated rings. The Labute approximate surface area is 487 Å². The van der Waals surface area contributed by atoms with Crippen LogP contribution in [0.25, 0.3) is 0 Å². The number of hydrazine groups is 2. The quantitative estimate of drug-likeness (QED) is 0.0276. The van der Waals surface area contributed by atoms with Crippen LogP contribution in [-0.2, 0) is 71.6 Å². The molecule has 9 aliphatic rings. The van der Waals surface area contributed by atoms with Crippen LogP contribution in [0.4, 0.5) is 8.78 Å². The molecule has 0 radical (unpaired) electrons. The number of aldehydes is 1. The summed E-state index contributed by atoms with van der Waals surface area (Å²) in [5.74, 6) is -6.91. The van der Waals surface area contributed by atoms with Gasteiger partial charge in [-0.3, -0.25) is 49.2 Å². The lowest BCUT2D eigenvalue weighted by Gasteiger charge is -2.62. The van der Waals surface area contributed by atoms with Crippen molar-refractivity contribution in [1.82, 2.24) is 21.2 Å². The Bertz CT molecular complexity index is 2720. The standard InChI is InChI=1S/C27H38FN2O7P.C27H33FO9.C4H11N2OP/c1-15(31)35-14-21(34)27-22(36-23(37-27)5-4-10-29-30-38)12-19-18-7-6-16-11-17(32)8-9-24(16,2)26(18,28)20(33)13-25(19,27)3;1-14(29)35-13-22(34)27(37-16(3)31)23(36-15(2)30)11-20-19-7-6-17-10-18(32)8-9-24(17,4)26(19,28)21(33)12-25(20,27)5;7-4-2-1-3-5-6-8/h8-9,11,18-20,22-23,29-30,33H,4-7,10,12-14,38H2,1-3H3;8-10,19-21,23,33H,6-7,11-13H2,1-5H3;4-6H,1-3,8H2. The highest BCUT2D eigenvalue weighted by atomic mass is 31.0. The van der Waals surface area contributed by atoms with E-state index in [1.54, 1.807) is 26.8 Å². The summed E-state index contributed by atoms with van der Waals surface area (Å²) in [5, 5.41) is 28.6. The Kier molecular flexibility index (Phi) is 20.3. The first-order valence-electron chi connectivity index (χ1n) is 28.4. The van der Waals surface area contributed by atoms with Gasteiger partial charge in [0.1, 0.15) is 12.4 Å². The Morgan fingerprint density at radius 2 is 1.19 bits per heavy atom. The van der Waals surface area contributed by atoms with Crippen LogP contribution >= 0.6 is 18.8 Å². The number of esters is 4. The second kappa shape index (κ2) is 25.5. The van der Waals surface area contributed by atoms with E-state index in [9.17, 15) is 53.4 Å². The van der Waals surface area contributed by atoms with Crippen molar-refractivity contribution in [2.45, 2.75) is 186 Å². The zero-order valence-electron chi connectivity index (χ0n) is 48.5. The highest BCUT2D eigenvalue weighted by Gasteiger charge is 2.81. The van der Waals surface area contributed by atoms with Crippen LogP contribution in [0.15, 0.2) is 47.6 Å². The van der Waals surface area contributed by atoms with Gasteiger partial charge >= 0.3 is 23.9 Å². The molecule has 1 saturated heterocycles. The monoisotopic (exact) mass is 1210 g/mol. The van der Waals surface area contributed by atoms with Crippen LogP contribution in [0, 0.1) is 45.3 Å². The van der Waals surface area contributed by atoms with E-state index in [0.29, 0.717) is 62.6 Å². The molecule has 0 aromatic heterocycles. The Hall–Kier alpha value is -4.41. The number of halogens is 2. The summed E-state index contributed by atoms with van der Waals surface area (Å²) in [5.41, 5.74) is -5.40. The van der Waals surface area contributed by atoms with Crippen molar-refractivity contribution in [3.8, 4) is 0 Å². The van der Waals surface area contributed by atoms with E-state index >= 15 is 8.78 Å². The van der Waals surface area contributed by atoms with E-state index in [-0.39, 0.29) is 43.2 Å². The van der Waals surface area contributed by atoms with E-state index in [0.717, 1.165) is 40.0 Å². The molecule has 25 heteroatoms. The number of carbonyl (C=O) groups is 9. The molecule has 1 heterocycles. The molecule has 19 atom stereocenters. The van der Waals surface area contributed by atoms with Gasteiger partial charge in [-0.05, 0) is 121 Å². The number of allylic oxidation sites excluding steroid dienone is 8. The third kappa shape index (κ3) is 11.2. The number of aliphatic hydroxyl groups excluding tert-OH is 2. The molecule has 9 rings (SSSR count). The van der Waals surface area contributed by atoms with Crippen molar-refractivity contribution < 1.29 is 90.6 Å². The number of Topliss-reactive ketones (excluding diaryl/α,β-unsaturated/α-hetero) is 2. The van der Waals surface area contributed by atoms with Crippen molar-refractivity contribution in [3.63, 3.8) is 0 Å². The summed E-state index contributed by atoms with van der Waals surface area (Å²) in [6, 6.07) is 0. The maximum Gasteiger partial charge on any atom is 0.303 e. The van der Waals surface area contributed by atoms with E-state index in [4.69, 9.17) is 28.4 Å². The van der Waals surface area contributed by atoms with Gasteiger partial charge in [-0.2, -0.15) is 0 Å². The zero-order chi connectivity index (χ0) is 61.3. The Morgan fingerprint density at radius 3 is 1.67 bits per heavy atom. The predicted octanol–water partition coefficient (Wildman–Crippen LogP) is 4.43. The molecule has 19 unspecified atom stereocenters. The van der Waals surface area contributed by atoms with Gasteiger partial charge in [-0.15, -0.1) is 0 Å². The predicted molar refractivity (Wildman–Crippen MR) is 300 cm³/mol. The highest BCUT2D eigenvalue weighted by Crippen LogP contribution is 2.73. The molecule has 460 valence electrons. The van der Waals surface area contributed by atoms with Crippen molar-refractivity contribution >= 4 is 72.1 Å². The Morgan fingerprint density at radius 1 is 0.699 bits per heavy atom. The van der Waals surface area contributed by atoms with Crippen LogP contribution in [0.5, 0.6) is 0 Å². The summed E-state index contributed by atoms with van der Waals surface area (Å²) < 4.78 is 69.0. The SMILES string of the molecule is CC(=O)OCC(=O)C1(OC(C)=O)C(OC(C)=O)CC2C3CCC4=CC(=O)C=CC4(C)C3(F)C(O)CC21C.CC(=O)OCC(=O)C12OC(CCCNNP)OC1CC1C3CCC4=CC(=O)C=CC4(C)C3(F)C(O)CC12C.O=CCCCNNP. The number of ketones is 4. The van der Waals surface area contributed by atoms with Crippen LogP contribution in [0.1, 0.15) is 132 Å². The normalized spacial score (nSPS) is 40.2. The summed E-state index contributed by atoms with van der Waals surface area (Å²) in [7, 11) is 4.67. The first-order valence-corrected chi connectivity index (χ1v) is 29.6. The molecule has 83 heavy (non-hydrogen) atoms. The van der Waals surface area contributed by atoms with Gasteiger partial charge < -0.3 is 43.4 Å². The van der Waals surface area contributed by atoms with Crippen molar-refractivity contribution in [1.29, 1.82) is 0 Å². The summed E-state index contributed by atoms with van der Waals surface area (Å²) >= 11 is 0. The smallest absolute Gasteiger partial charge is 0.303 e. The molecule has 6 saturated carbocycles. The molecule has 0 aromatic carbocycles. The lowest BCUT2D eigenvalue weighted by Crippen LogP contribution is -2.70. The minimum absolute atomic E-state index is 0.00397. The van der Waals surface area contributed by atoms with Gasteiger partial charge in [0.05, 0.1) is 18.3 Å². The average Bonchev–Trinajstić information content (AvgIpc) is 1.65. The van der Waals surface area contributed by atoms with Gasteiger partial charge in [-0.25, -0.2) is 19.2 Å². The molecule has 0 aromatic rings. The molecule has 6 N–H and O–H groups in total. The lowest BCUT2D eigenvalue weighted by molar-refractivity contribution is -0.233. The Balaban J connectivity index is 0.000000211. The number of aliphatic hydroxyl groups is 2. The van der Waals surface area contributed by atoms with E-state index in [1.165, 1.54) is 37.3 Å². The minimum atomic E-state index is -2.20. The second-order valence-corrected chi connectivity index (χ2v) is 24.9. The highest BCUT2D eigenvalue weighted by molar-refractivity contribution is 7.13. The number of hydrogen-bond acceptors (Lipinski definition) is 21. The minimum Gasteiger partial charge on any atom is -0.458 e. The number of fused-ring (bicyclic) bond motifs is 12. The van der Waals surface area contributed by atoms with Crippen molar-refractivity contribution in [3.05, 3.63) is 47.6 Å². The van der Waals surface area contributed by atoms with Gasteiger partial charge in [0.15, 0.2) is 48.0 Å². The number of ether oxygens (including phenoxy) is 6. The molecular formula is C58H82F2N4O17P2. The van der Waals surface area contributed by atoms with Crippen LogP contribution in [0.3, 0.4) is 0 Å². The molecule has 0 bridgehead atoms. The second-order valence-electron chi connectivity index (χ2n) is 24.3. The van der Waals surface area contributed by atoms with Crippen molar-refractivity contribution in [2.24, 2.45) is 45.3 Å². The van der Waals surface area contributed by atoms with Gasteiger partial charge in [0, 0.05) is 80.7 Å². The topological polar surface area (TPSA) is 298 Å². The molecule has 0 amide bonds. The number of hydrogen-bond donors (Lipinski definition) is 6. The fourth-order valence-electron chi connectivity index (χ4n) is 16.5. The van der Waals surface area contributed by atoms with E-state index in [2.05, 4.69) is 40.0 Å². The summed E-state index contributed by atoms with van der Waals surface area (Å²) in [4.78, 5) is 109. The molecule has 0 spiro atoms. The molecule has 21 nitrogen and oxygen atoms in total. The van der Waals surface area contributed by atoms with E-state index in [1.807, 2.05) is 6.92 Å². The lowest BCUT2D eigenvalue weighted by atomic mass is 9.44. The average molecular weight is 1210 g/mol. The fourth-order valence-corrected chi connectivity index (χ4v) is 16.8. The van der Waals surface area contributed by atoms with Crippen LogP contribution in [-0.4, -0.2) is 143 Å². The number of nitrogens with one attached hydrogen (secondary N) is 4. The summed E-state index contributed by atoms with van der Waals surface area (Å²) in [6.07, 6.45) is 8.52. The van der Waals surface area contributed by atoms with Gasteiger partial charge in [0.2, 0.25) is 17.2 Å². The summed E-state index contributed by atoms with van der Waals surface area (Å²) in [6.45, 7) is 11.8. The van der Waals surface area contributed by atoms with E-state index < -0.39 is 141 Å². The van der Waals surface area contributed by atoms with Crippen LogP contribution in [0.2, 0.25) is 0 Å².